The van der Waals surface area contributed by atoms with Crippen molar-refractivity contribution < 1.29 is 0 Å². The Morgan fingerprint density at radius 3 is 2.92 bits per heavy atom. The van der Waals surface area contributed by atoms with Crippen LogP contribution in [0.5, 0.6) is 0 Å². The molecule has 3 rings (SSSR count). The zero-order chi connectivity index (χ0) is 17.6. The third kappa shape index (κ3) is 4.58. The summed E-state index contributed by atoms with van der Waals surface area (Å²) in [5, 5.41) is 13.0. The Morgan fingerprint density at radius 1 is 1.28 bits per heavy atom. The fourth-order valence-electron chi connectivity index (χ4n) is 1.99. The molecule has 128 valence electrons. The largest absolute Gasteiger partial charge is 0.334 e. The summed E-state index contributed by atoms with van der Waals surface area (Å²) in [5.41, 5.74) is 5.51. The highest BCUT2D eigenvalue weighted by molar-refractivity contribution is 9.10. The molecule has 0 bridgehead atoms. The molecular formula is C16H16BrN7S. The van der Waals surface area contributed by atoms with Gasteiger partial charge in [0, 0.05) is 16.4 Å². The summed E-state index contributed by atoms with van der Waals surface area (Å²) in [7, 11) is 0. The fourth-order valence-corrected chi connectivity index (χ4v) is 3.24. The van der Waals surface area contributed by atoms with E-state index in [1.807, 2.05) is 37.3 Å². The van der Waals surface area contributed by atoms with E-state index >= 15 is 0 Å². The van der Waals surface area contributed by atoms with E-state index in [1.165, 1.54) is 22.0 Å². The molecule has 0 aliphatic carbocycles. The molecule has 0 atom stereocenters. The van der Waals surface area contributed by atoms with E-state index in [9.17, 15) is 0 Å². The minimum atomic E-state index is 0.368. The van der Waals surface area contributed by atoms with E-state index in [0.717, 1.165) is 21.6 Å². The molecule has 25 heavy (non-hydrogen) atoms. The van der Waals surface area contributed by atoms with Gasteiger partial charge in [-0.05, 0) is 36.8 Å². The van der Waals surface area contributed by atoms with Crippen LogP contribution < -0.4 is 11.3 Å². The Labute approximate surface area is 157 Å². The molecule has 1 aromatic carbocycles. The Kier molecular flexibility index (Phi) is 5.67. The summed E-state index contributed by atoms with van der Waals surface area (Å²) in [6, 6.07) is 13.7. The van der Waals surface area contributed by atoms with Gasteiger partial charge in [-0.1, -0.05) is 45.9 Å². The topological polar surface area (TPSA) is 94.0 Å². The van der Waals surface area contributed by atoms with Gasteiger partial charge in [0.25, 0.3) is 5.95 Å². The number of anilines is 1. The van der Waals surface area contributed by atoms with Crippen LogP contribution >= 0.6 is 27.7 Å². The molecule has 0 amide bonds. The van der Waals surface area contributed by atoms with Crippen LogP contribution in [-0.2, 0) is 5.75 Å². The number of hydrogen-bond donors (Lipinski definition) is 2. The number of thioether (sulfide) groups is 1. The third-order valence-corrected chi connectivity index (χ3v) is 4.79. The summed E-state index contributed by atoms with van der Waals surface area (Å²) in [6.45, 7) is 1.86. The molecule has 0 aliphatic rings. The molecular weight excluding hydrogens is 402 g/mol. The number of hydrogen-bond acceptors (Lipinski definition) is 7. The molecule has 3 aromatic rings. The molecule has 2 heterocycles. The monoisotopic (exact) mass is 417 g/mol. The standard InChI is InChI=1S/C16H16BrN7S/c1-11(14-7-2-3-8-19-14)20-21-15-22-23-16(24(15)18)25-10-12-5-4-6-13(17)9-12/h2-9H,10,18H2,1H3,(H,21,22)/b20-11+. The summed E-state index contributed by atoms with van der Waals surface area (Å²) >= 11 is 4.97. The lowest BCUT2D eigenvalue weighted by Crippen LogP contribution is -2.14. The molecule has 0 unspecified atom stereocenters. The number of hydrazone groups is 1. The van der Waals surface area contributed by atoms with Crippen LogP contribution in [0.25, 0.3) is 0 Å². The normalized spacial score (nSPS) is 11.5. The molecule has 0 radical (unpaired) electrons. The van der Waals surface area contributed by atoms with Gasteiger partial charge in [-0.25, -0.2) is 10.1 Å². The van der Waals surface area contributed by atoms with E-state index in [1.54, 1.807) is 6.20 Å². The van der Waals surface area contributed by atoms with Gasteiger partial charge >= 0.3 is 0 Å². The van der Waals surface area contributed by atoms with Crippen molar-refractivity contribution in [1.82, 2.24) is 19.9 Å². The second-order valence-electron chi connectivity index (χ2n) is 5.12. The first-order chi connectivity index (χ1) is 12.1. The average molecular weight is 418 g/mol. The van der Waals surface area contributed by atoms with Gasteiger partial charge < -0.3 is 5.84 Å². The van der Waals surface area contributed by atoms with Crippen molar-refractivity contribution >= 4 is 39.4 Å². The first-order valence-electron chi connectivity index (χ1n) is 7.43. The van der Waals surface area contributed by atoms with Crippen molar-refractivity contribution in [2.45, 2.75) is 17.8 Å². The number of nitrogen functional groups attached to an aromatic ring is 1. The van der Waals surface area contributed by atoms with Crippen LogP contribution in [0.2, 0.25) is 0 Å². The molecule has 7 nitrogen and oxygen atoms in total. The van der Waals surface area contributed by atoms with E-state index < -0.39 is 0 Å². The molecule has 3 N–H and O–H groups in total. The Bertz CT molecular complexity index is 879. The summed E-state index contributed by atoms with van der Waals surface area (Å²) in [5.74, 6) is 7.15. The van der Waals surface area contributed by atoms with Crippen LogP contribution in [0.1, 0.15) is 18.2 Å². The van der Waals surface area contributed by atoms with Gasteiger partial charge in [0.05, 0.1) is 11.4 Å². The van der Waals surface area contributed by atoms with Gasteiger partial charge in [-0.2, -0.15) is 5.10 Å². The lowest BCUT2D eigenvalue weighted by atomic mass is 10.2. The molecule has 0 saturated heterocycles. The van der Waals surface area contributed by atoms with Crippen molar-refractivity contribution in [2.75, 3.05) is 11.3 Å². The maximum Gasteiger partial charge on any atom is 0.264 e. The number of pyridine rings is 1. The number of aromatic nitrogens is 4. The number of nitrogens with two attached hydrogens (primary N) is 1. The second kappa shape index (κ2) is 8.13. The predicted molar refractivity (Wildman–Crippen MR) is 104 cm³/mol. The lowest BCUT2D eigenvalue weighted by molar-refractivity contribution is 0.846. The van der Waals surface area contributed by atoms with Crippen LogP contribution in [-0.4, -0.2) is 25.6 Å². The Hall–Kier alpha value is -2.39. The fraction of sp³-hybridized carbons (Fsp3) is 0.125. The van der Waals surface area contributed by atoms with E-state index in [-0.39, 0.29) is 0 Å². The van der Waals surface area contributed by atoms with Gasteiger partial charge in [-0.3, -0.25) is 4.98 Å². The SMILES string of the molecule is C/C(=N\Nc1nnc(SCc2cccc(Br)c2)n1N)c1ccccn1. The predicted octanol–water partition coefficient (Wildman–Crippen LogP) is 3.28. The van der Waals surface area contributed by atoms with Crippen LogP contribution in [0.4, 0.5) is 5.95 Å². The number of nitrogens with one attached hydrogen (secondary N) is 1. The Balaban J connectivity index is 1.65. The molecule has 0 spiro atoms. The quantitative estimate of drug-likeness (QED) is 0.276. The van der Waals surface area contributed by atoms with E-state index in [0.29, 0.717) is 11.1 Å². The van der Waals surface area contributed by atoms with Crippen molar-refractivity contribution in [3.05, 3.63) is 64.4 Å². The lowest BCUT2D eigenvalue weighted by Gasteiger charge is -2.04. The molecule has 9 heteroatoms. The van der Waals surface area contributed by atoms with Crippen molar-refractivity contribution in [3.63, 3.8) is 0 Å². The first kappa shape index (κ1) is 17.4. The zero-order valence-corrected chi connectivity index (χ0v) is 15.8. The van der Waals surface area contributed by atoms with Gasteiger partial charge in [0.1, 0.15) is 0 Å². The van der Waals surface area contributed by atoms with Crippen LogP contribution in [0, 0.1) is 0 Å². The van der Waals surface area contributed by atoms with Crippen molar-refractivity contribution in [2.24, 2.45) is 5.10 Å². The highest BCUT2D eigenvalue weighted by atomic mass is 79.9. The van der Waals surface area contributed by atoms with Crippen molar-refractivity contribution in [1.29, 1.82) is 0 Å². The summed E-state index contributed by atoms with van der Waals surface area (Å²) in [4.78, 5) is 4.24. The number of halogens is 1. The van der Waals surface area contributed by atoms with E-state index in [2.05, 4.69) is 53.8 Å². The smallest absolute Gasteiger partial charge is 0.264 e. The van der Waals surface area contributed by atoms with Gasteiger partial charge in [0.2, 0.25) is 5.16 Å². The number of nitrogens with zero attached hydrogens (tertiary/aromatic N) is 5. The molecule has 0 saturated carbocycles. The van der Waals surface area contributed by atoms with Gasteiger partial charge in [0.15, 0.2) is 0 Å². The minimum absolute atomic E-state index is 0.368. The van der Waals surface area contributed by atoms with Crippen molar-refractivity contribution in [3.8, 4) is 0 Å². The summed E-state index contributed by atoms with van der Waals surface area (Å²) < 4.78 is 2.43. The molecule has 0 aliphatic heterocycles. The summed E-state index contributed by atoms with van der Waals surface area (Å²) in [6.07, 6.45) is 1.72. The third-order valence-electron chi connectivity index (χ3n) is 3.28. The molecule has 2 aromatic heterocycles. The highest BCUT2D eigenvalue weighted by Crippen LogP contribution is 2.23. The Morgan fingerprint density at radius 2 is 2.16 bits per heavy atom. The van der Waals surface area contributed by atoms with Gasteiger partial charge in [-0.15, -0.1) is 10.2 Å². The van der Waals surface area contributed by atoms with E-state index in [4.69, 9.17) is 5.84 Å². The number of benzene rings is 1. The zero-order valence-electron chi connectivity index (χ0n) is 13.4. The van der Waals surface area contributed by atoms with Crippen LogP contribution in [0.15, 0.2) is 63.4 Å². The number of rotatable bonds is 6. The van der Waals surface area contributed by atoms with Crippen LogP contribution in [0.3, 0.4) is 0 Å². The molecule has 0 fully saturated rings. The highest BCUT2D eigenvalue weighted by Gasteiger charge is 2.10. The maximum atomic E-state index is 6.04. The average Bonchev–Trinajstić information content (AvgIpc) is 2.98. The minimum Gasteiger partial charge on any atom is -0.334 e. The first-order valence-corrected chi connectivity index (χ1v) is 9.21. The second-order valence-corrected chi connectivity index (χ2v) is 6.98. The maximum absolute atomic E-state index is 6.04.